The first kappa shape index (κ1) is 48.9. The van der Waals surface area contributed by atoms with Gasteiger partial charge in [0, 0.05) is 24.1 Å². The minimum Gasteiger partial charge on any atom is -0.346 e. The summed E-state index contributed by atoms with van der Waals surface area (Å²) >= 11 is 11.8. The molecule has 4 aromatic heterocycles. The van der Waals surface area contributed by atoms with E-state index in [-0.39, 0.29) is 72.0 Å². The number of rotatable bonds is 12. The molecule has 3 N–H and O–H groups in total. The number of anilines is 2. The zero-order valence-corrected chi connectivity index (χ0v) is 39.1. The molecule has 0 radical (unpaired) electrons. The third-order valence-electron chi connectivity index (χ3n) is 10.7. The Morgan fingerprint density at radius 3 is 2.46 bits per heavy atom. The summed E-state index contributed by atoms with van der Waals surface area (Å²) in [5.41, 5.74) is -2.86. The number of nitrogens with zero attached hydrogens (tertiary/aromatic N) is 8. The minimum absolute atomic E-state index is 0.0197. The van der Waals surface area contributed by atoms with Crippen molar-refractivity contribution in [3.63, 3.8) is 0 Å². The summed E-state index contributed by atoms with van der Waals surface area (Å²) in [4.78, 5) is 58.2. The molecule has 356 valence electrons. The Hall–Kier alpha value is -5.49. The Morgan fingerprint density at radius 1 is 1.04 bits per heavy atom. The van der Waals surface area contributed by atoms with Crippen LogP contribution in [0.2, 0.25) is 0 Å². The van der Waals surface area contributed by atoms with Crippen LogP contribution in [0.4, 0.5) is 20.5 Å². The maximum atomic E-state index is 17.0. The number of benzene rings is 1. The van der Waals surface area contributed by atoms with Gasteiger partial charge in [0.15, 0.2) is 40.6 Å². The van der Waals surface area contributed by atoms with Gasteiger partial charge >= 0.3 is 13.4 Å². The molecule has 7 heterocycles. The number of imidazole rings is 1. The summed E-state index contributed by atoms with van der Waals surface area (Å²) in [7, 11) is 0. The number of nitriles is 2. The largest absolute Gasteiger partial charge is 0.346 e. The van der Waals surface area contributed by atoms with E-state index in [0.29, 0.717) is 0 Å². The van der Waals surface area contributed by atoms with Crippen molar-refractivity contribution in [2.45, 2.75) is 75.7 Å². The van der Waals surface area contributed by atoms with Crippen molar-refractivity contribution in [1.29, 1.82) is 10.5 Å². The number of ether oxygens (including phenoxy) is 2. The molecule has 1 aromatic carbocycles. The summed E-state index contributed by atoms with van der Waals surface area (Å²) in [6.45, 7) is -7.16. The first-order chi connectivity index (χ1) is 32.6. The van der Waals surface area contributed by atoms with E-state index < -0.39 is 98.3 Å². The van der Waals surface area contributed by atoms with Crippen molar-refractivity contribution in [1.82, 2.24) is 34.1 Å². The number of aromatic amines is 1. The number of halogens is 2. The fourth-order valence-corrected chi connectivity index (χ4v) is 11.5. The zero-order chi connectivity index (χ0) is 48.4. The molecule has 2 amide bonds. The average Bonchev–Trinajstić information content (AvgIpc) is 4.08. The molecule has 8 rings (SSSR count). The van der Waals surface area contributed by atoms with Crippen LogP contribution in [0.15, 0.2) is 54.0 Å². The molecule has 5 aromatic rings. The Morgan fingerprint density at radius 2 is 1.76 bits per heavy atom. The molecule has 3 aliphatic rings. The van der Waals surface area contributed by atoms with Crippen molar-refractivity contribution in [3.05, 3.63) is 70.9 Å². The van der Waals surface area contributed by atoms with Gasteiger partial charge in [-0.05, 0) is 35.7 Å². The smallest absolute Gasteiger partial charge is 0.327 e. The van der Waals surface area contributed by atoms with Crippen LogP contribution in [-0.4, -0.2) is 102 Å². The van der Waals surface area contributed by atoms with E-state index in [1.807, 2.05) is 12.1 Å². The van der Waals surface area contributed by atoms with Crippen LogP contribution in [0.25, 0.3) is 22.2 Å². The number of amides is 2. The van der Waals surface area contributed by atoms with Crippen molar-refractivity contribution in [3.8, 4) is 24.5 Å². The molecule has 2 unspecified atom stereocenters. The first-order valence-electron chi connectivity index (χ1n) is 20.6. The quantitative estimate of drug-likeness (QED) is 0.0822. The van der Waals surface area contributed by atoms with Gasteiger partial charge in [0.05, 0.1) is 63.1 Å². The summed E-state index contributed by atoms with van der Waals surface area (Å²) in [5.74, 6) is -0.167. The summed E-state index contributed by atoms with van der Waals surface area (Å²) in [6.07, 6.45) is -0.516. The van der Waals surface area contributed by atoms with E-state index in [0.717, 1.165) is 18.9 Å². The van der Waals surface area contributed by atoms with Gasteiger partial charge in [-0.25, -0.2) is 23.7 Å². The lowest BCUT2D eigenvalue weighted by molar-refractivity contribution is -0.118. The highest BCUT2D eigenvalue weighted by atomic mass is 32.5. The van der Waals surface area contributed by atoms with Crippen molar-refractivity contribution in [2.75, 3.05) is 37.1 Å². The van der Waals surface area contributed by atoms with Crippen LogP contribution in [0.5, 0.6) is 0 Å². The van der Waals surface area contributed by atoms with E-state index >= 15 is 8.78 Å². The van der Waals surface area contributed by atoms with Gasteiger partial charge in [0.2, 0.25) is 11.9 Å². The predicted molar refractivity (Wildman–Crippen MR) is 241 cm³/mol. The van der Waals surface area contributed by atoms with Gasteiger partial charge in [0.25, 0.3) is 11.5 Å². The van der Waals surface area contributed by atoms with E-state index in [1.165, 1.54) is 9.13 Å². The molecule has 0 spiro atoms. The zero-order valence-electron chi connectivity index (χ0n) is 35.7. The SMILES string of the molecule is C#C[C@@]12COP(=S)(OCCC#N)O[C@@H]3[C@H](F)[C@@H](COP(=S)(OCCC#N)O[C@H]1C[C@H](n1cc(F)c4c(NC(=O)c5ccccc5)ncnc41)O2)O[C@H]3n1cnc2c(=O)[nH]c(NC(=O)C(C)C)nc21. The van der Waals surface area contributed by atoms with Crippen LogP contribution in [0, 0.1) is 46.7 Å². The number of nitrogens with one attached hydrogen (secondary N) is 3. The van der Waals surface area contributed by atoms with Crippen LogP contribution >= 0.6 is 13.4 Å². The number of terminal acetylenes is 1. The fourth-order valence-electron chi connectivity index (χ4n) is 7.30. The molecule has 2 bridgehead atoms. The normalized spacial score (nSPS) is 28.4. The van der Waals surface area contributed by atoms with Gasteiger partial charge in [-0.1, -0.05) is 38.0 Å². The van der Waals surface area contributed by atoms with E-state index in [2.05, 4.69) is 41.5 Å². The molecule has 3 fully saturated rings. The second-order valence-electron chi connectivity index (χ2n) is 15.5. The summed E-state index contributed by atoms with van der Waals surface area (Å²) in [6, 6.07) is 12.1. The molecule has 3 aliphatic heterocycles. The molecule has 0 aliphatic carbocycles. The number of H-pyrrole nitrogens is 1. The maximum Gasteiger partial charge on any atom is 0.327 e. The highest BCUT2D eigenvalue weighted by Crippen LogP contribution is 2.60. The Bertz CT molecular complexity index is 3030. The van der Waals surface area contributed by atoms with Gasteiger partial charge in [-0.2, -0.15) is 15.5 Å². The highest BCUT2D eigenvalue weighted by molar-refractivity contribution is 8.07. The number of hydrogen-bond acceptors (Lipinski definition) is 19. The monoisotopic (exact) mass is 1010 g/mol. The summed E-state index contributed by atoms with van der Waals surface area (Å²) in [5, 5.41) is 23.7. The van der Waals surface area contributed by atoms with Crippen LogP contribution in [-0.2, 0) is 65.0 Å². The predicted octanol–water partition coefficient (Wildman–Crippen LogP) is 5.20. The first-order valence-corrected chi connectivity index (χ1v) is 25.7. The Labute approximate surface area is 395 Å². The lowest BCUT2D eigenvalue weighted by atomic mass is 9.99. The molecular weight excluding hydrogens is 975 g/mol. The van der Waals surface area contributed by atoms with Crippen LogP contribution in [0.3, 0.4) is 0 Å². The molecule has 22 nitrogen and oxygen atoms in total. The van der Waals surface area contributed by atoms with Crippen LogP contribution < -0.4 is 16.2 Å². The molecule has 9 atom stereocenters. The second-order valence-corrected chi connectivity index (χ2v) is 21.4. The molecule has 3 saturated heterocycles. The minimum atomic E-state index is -4.27. The third kappa shape index (κ3) is 9.98. The highest BCUT2D eigenvalue weighted by Gasteiger charge is 2.56. The molecule has 68 heavy (non-hydrogen) atoms. The van der Waals surface area contributed by atoms with Gasteiger partial charge in [0.1, 0.15) is 36.7 Å². The van der Waals surface area contributed by atoms with Crippen molar-refractivity contribution >= 4 is 82.8 Å². The molecule has 28 heteroatoms. The maximum absolute atomic E-state index is 17.0. The number of alkyl halides is 1. The number of aromatic nitrogens is 7. The Kier molecular flexibility index (Phi) is 14.6. The van der Waals surface area contributed by atoms with Crippen molar-refractivity contribution < 1.29 is 55.0 Å². The lowest BCUT2D eigenvalue weighted by Crippen LogP contribution is -2.44. The van der Waals surface area contributed by atoms with Gasteiger partial charge in [-0.3, -0.25) is 33.8 Å². The number of carbonyl (C=O) groups excluding carboxylic acids is 2. The van der Waals surface area contributed by atoms with Crippen LogP contribution in [0.1, 0.15) is 55.9 Å². The second kappa shape index (κ2) is 20.2. The Balaban J connectivity index is 1.17. The number of hydrogen-bond donors (Lipinski definition) is 3. The van der Waals surface area contributed by atoms with E-state index in [9.17, 15) is 24.9 Å². The van der Waals surface area contributed by atoms with Crippen molar-refractivity contribution in [2.24, 2.45) is 5.92 Å². The fraction of sp³-hybridized carbons (Fsp3) is 0.425. The molecular formula is C40H39F2N11O11P2S2. The van der Waals surface area contributed by atoms with E-state index in [1.54, 1.807) is 44.2 Å². The third-order valence-corrected chi connectivity index (χ3v) is 15.4. The van der Waals surface area contributed by atoms with Gasteiger partial charge < -0.3 is 42.0 Å². The lowest BCUT2D eigenvalue weighted by Gasteiger charge is -2.34. The number of carbonyl (C=O) groups is 2. The summed E-state index contributed by atoms with van der Waals surface area (Å²) < 4.78 is 85.3. The average molecular weight is 1010 g/mol. The number of fused-ring (bicyclic) bond motifs is 5. The van der Waals surface area contributed by atoms with E-state index in [4.69, 9.17) is 66.7 Å². The van der Waals surface area contributed by atoms with Gasteiger partial charge in [-0.15, -0.1) is 6.42 Å². The standard InChI is InChI=1S/C40H39F2N11O11P2S2/c1-4-40-19-60-66(68,58-15-9-13-44)64-31-29(42)25(61-38(31)53-21-47-30-34(53)49-39(51-37(30)56)50-35(54)22(2)3)18-59-65(67,57-14-8-12-43)63-26(40)16-27(62-40)52-17-24(41)28-32(45-20-46-33(28)52)48-36(55)23-10-6-5-7-11-23/h1,5-7,10-11,17,20-22,25-27,29,31,38H,8-9,14-16,18-19H2,2-3H3,(H,45,46,48,55)(H2,49,50,51,54,56)/t25-,26+,27-,29-,31-,38-,40-,65?,66?/m1/s1. The topological polar surface area (TPSA) is 274 Å². The molecule has 0 saturated carbocycles.